The first-order valence-corrected chi connectivity index (χ1v) is 6.97. The van der Waals surface area contributed by atoms with Gasteiger partial charge in [0.05, 0.1) is 38.8 Å². The topological polar surface area (TPSA) is 93.1 Å². The van der Waals surface area contributed by atoms with E-state index in [9.17, 15) is 5.26 Å². The molecule has 0 atom stereocenters. The Bertz CT molecular complexity index is 752. The molecule has 0 saturated heterocycles. The van der Waals surface area contributed by atoms with Gasteiger partial charge in [-0.2, -0.15) is 10.4 Å². The van der Waals surface area contributed by atoms with Crippen LogP contribution in [0.5, 0.6) is 11.5 Å². The first-order chi connectivity index (χ1) is 11.2. The minimum absolute atomic E-state index is 0.264. The molecule has 0 amide bonds. The van der Waals surface area contributed by atoms with Crippen molar-refractivity contribution in [1.29, 1.82) is 5.26 Å². The van der Waals surface area contributed by atoms with Gasteiger partial charge >= 0.3 is 0 Å². The molecule has 0 fully saturated rings. The van der Waals surface area contributed by atoms with E-state index < -0.39 is 0 Å². The van der Waals surface area contributed by atoms with Gasteiger partial charge in [0, 0.05) is 23.8 Å². The van der Waals surface area contributed by atoms with Gasteiger partial charge in [-0.1, -0.05) is 0 Å². The molecule has 23 heavy (non-hydrogen) atoms. The molecule has 2 aliphatic heterocycles. The molecule has 2 aliphatic rings. The molecule has 0 saturated carbocycles. The van der Waals surface area contributed by atoms with E-state index in [0.717, 1.165) is 5.57 Å². The lowest BCUT2D eigenvalue weighted by Gasteiger charge is -2.29. The van der Waals surface area contributed by atoms with Gasteiger partial charge in [-0.05, 0) is 6.08 Å². The average Bonchev–Trinajstić information content (AvgIpc) is 2.60. The molecule has 0 aliphatic carbocycles. The number of methoxy groups -OCH3 is 2. The van der Waals surface area contributed by atoms with Crippen LogP contribution in [-0.4, -0.2) is 33.1 Å². The number of fused-ring (bicyclic) bond motifs is 1. The molecule has 0 aromatic heterocycles. The highest BCUT2D eigenvalue weighted by atomic mass is 16.5. The molecule has 0 unspecified atom stereocenters. The van der Waals surface area contributed by atoms with E-state index in [1.807, 2.05) is 6.08 Å². The quantitative estimate of drug-likeness (QED) is 0.910. The Morgan fingerprint density at radius 2 is 1.96 bits per heavy atom. The van der Waals surface area contributed by atoms with Crippen LogP contribution >= 0.6 is 0 Å². The van der Waals surface area contributed by atoms with Crippen LogP contribution in [0.3, 0.4) is 0 Å². The summed E-state index contributed by atoms with van der Waals surface area (Å²) in [6.07, 6.45) is 1.82. The molecule has 7 heteroatoms. The van der Waals surface area contributed by atoms with Crippen molar-refractivity contribution in [3.63, 3.8) is 0 Å². The summed E-state index contributed by atoms with van der Waals surface area (Å²) in [7, 11) is 3.13. The number of hydrazone groups is 1. The summed E-state index contributed by atoms with van der Waals surface area (Å²) in [5.41, 5.74) is 8.61. The monoisotopic (exact) mass is 312 g/mol. The van der Waals surface area contributed by atoms with E-state index in [1.54, 1.807) is 32.4 Å². The van der Waals surface area contributed by atoms with Crippen LogP contribution in [-0.2, 0) is 4.74 Å². The highest BCUT2D eigenvalue weighted by Crippen LogP contribution is 2.33. The van der Waals surface area contributed by atoms with Crippen molar-refractivity contribution in [2.75, 3.05) is 32.4 Å². The lowest BCUT2D eigenvalue weighted by molar-refractivity contribution is 0.199. The molecule has 1 aromatic carbocycles. The summed E-state index contributed by atoms with van der Waals surface area (Å²) < 4.78 is 15.9. The second kappa shape index (κ2) is 6.02. The van der Waals surface area contributed by atoms with E-state index in [0.29, 0.717) is 41.7 Å². The van der Waals surface area contributed by atoms with Gasteiger partial charge in [-0.3, -0.25) is 0 Å². The lowest BCUT2D eigenvalue weighted by Crippen LogP contribution is -2.34. The van der Waals surface area contributed by atoms with Crippen LogP contribution in [0.4, 0.5) is 5.69 Å². The Morgan fingerprint density at radius 3 is 2.57 bits per heavy atom. The summed E-state index contributed by atoms with van der Waals surface area (Å²) in [5.74, 6) is 1.47. The molecule has 2 N–H and O–H groups in total. The number of allylic oxidation sites excluding steroid dienone is 1. The fraction of sp³-hybridized carbons (Fsp3) is 0.250. The van der Waals surface area contributed by atoms with Gasteiger partial charge in [0.2, 0.25) is 0 Å². The molecule has 0 radical (unpaired) electrons. The van der Waals surface area contributed by atoms with Crippen LogP contribution in [0.25, 0.3) is 0 Å². The number of anilines is 1. The lowest BCUT2D eigenvalue weighted by atomic mass is 9.99. The molecule has 0 bridgehead atoms. The standard InChI is InChI=1S/C16H16N4O3/c1-21-11-5-10(6-12(7-11)22-2)20-16(18)14(8-17)13-3-4-23-9-15(13)19-20/h3,5-7H,4,9,18H2,1-2H3. The minimum atomic E-state index is 0.264. The third-order valence-electron chi connectivity index (χ3n) is 3.62. The van der Waals surface area contributed by atoms with E-state index in [1.165, 1.54) is 5.01 Å². The zero-order chi connectivity index (χ0) is 16.4. The van der Waals surface area contributed by atoms with Gasteiger partial charge in [-0.15, -0.1) is 0 Å². The second-order valence-corrected chi connectivity index (χ2v) is 4.93. The Labute approximate surface area is 133 Å². The van der Waals surface area contributed by atoms with Gasteiger partial charge in [0.1, 0.15) is 29.0 Å². The third kappa shape index (κ3) is 2.60. The second-order valence-electron chi connectivity index (χ2n) is 4.93. The molecule has 0 spiro atoms. The van der Waals surface area contributed by atoms with Crippen molar-refractivity contribution in [2.45, 2.75) is 0 Å². The first-order valence-electron chi connectivity index (χ1n) is 6.97. The van der Waals surface area contributed by atoms with E-state index >= 15 is 0 Å². The maximum atomic E-state index is 9.47. The van der Waals surface area contributed by atoms with Crippen molar-refractivity contribution >= 4 is 11.4 Å². The molecular weight excluding hydrogens is 296 g/mol. The SMILES string of the molecule is COc1cc(OC)cc(N2N=C3COCC=C3C(C#N)=C2N)c1. The van der Waals surface area contributed by atoms with Crippen LogP contribution in [0, 0.1) is 11.3 Å². The molecular formula is C16H16N4O3. The number of rotatable bonds is 3. The smallest absolute Gasteiger partial charge is 0.144 e. The van der Waals surface area contributed by atoms with Crippen molar-refractivity contribution < 1.29 is 14.2 Å². The Morgan fingerprint density at radius 1 is 1.26 bits per heavy atom. The Balaban J connectivity index is 2.13. The number of ether oxygens (including phenoxy) is 3. The van der Waals surface area contributed by atoms with Crippen LogP contribution in [0.1, 0.15) is 0 Å². The number of nitrogens with two attached hydrogens (primary N) is 1. The fourth-order valence-electron chi connectivity index (χ4n) is 2.47. The maximum absolute atomic E-state index is 9.47. The Hall–Kier alpha value is -2.98. The zero-order valence-corrected chi connectivity index (χ0v) is 12.9. The molecule has 1 aromatic rings. The van der Waals surface area contributed by atoms with Crippen LogP contribution in [0.2, 0.25) is 0 Å². The molecule has 3 rings (SSSR count). The number of hydrogen-bond donors (Lipinski definition) is 1. The molecule has 2 heterocycles. The van der Waals surface area contributed by atoms with Gasteiger partial charge in [-0.25, -0.2) is 5.01 Å². The summed E-state index contributed by atoms with van der Waals surface area (Å²) in [4.78, 5) is 0. The highest BCUT2D eigenvalue weighted by Gasteiger charge is 2.28. The number of nitriles is 1. The highest BCUT2D eigenvalue weighted by molar-refractivity contribution is 6.08. The summed E-state index contributed by atoms with van der Waals surface area (Å²) in [5, 5.41) is 15.5. The zero-order valence-electron chi connectivity index (χ0n) is 12.9. The van der Waals surface area contributed by atoms with Crippen molar-refractivity contribution in [3.05, 3.63) is 41.2 Å². The average molecular weight is 312 g/mol. The fourth-order valence-corrected chi connectivity index (χ4v) is 2.47. The third-order valence-corrected chi connectivity index (χ3v) is 3.62. The van der Waals surface area contributed by atoms with Crippen molar-refractivity contribution in [2.24, 2.45) is 10.8 Å². The molecule has 7 nitrogen and oxygen atoms in total. The van der Waals surface area contributed by atoms with E-state index in [-0.39, 0.29) is 5.82 Å². The maximum Gasteiger partial charge on any atom is 0.144 e. The van der Waals surface area contributed by atoms with Gasteiger partial charge in [0.15, 0.2) is 0 Å². The summed E-state index contributed by atoms with van der Waals surface area (Å²) >= 11 is 0. The van der Waals surface area contributed by atoms with Crippen LogP contribution in [0.15, 0.2) is 46.3 Å². The largest absolute Gasteiger partial charge is 0.497 e. The number of benzene rings is 1. The normalized spacial score (nSPS) is 17.0. The summed E-state index contributed by atoms with van der Waals surface area (Å²) in [6, 6.07) is 7.45. The summed E-state index contributed by atoms with van der Waals surface area (Å²) in [6.45, 7) is 0.779. The Kier molecular flexibility index (Phi) is 3.91. The van der Waals surface area contributed by atoms with Crippen LogP contribution < -0.4 is 20.2 Å². The van der Waals surface area contributed by atoms with Gasteiger partial charge in [0.25, 0.3) is 0 Å². The van der Waals surface area contributed by atoms with Gasteiger partial charge < -0.3 is 19.9 Å². The predicted octanol–water partition coefficient (Wildman–Crippen LogP) is 1.53. The first kappa shape index (κ1) is 14.9. The minimum Gasteiger partial charge on any atom is -0.497 e. The molecule has 118 valence electrons. The van der Waals surface area contributed by atoms with E-state index in [2.05, 4.69) is 11.2 Å². The van der Waals surface area contributed by atoms with Crippen molar-refractivity contribution in [3.8, 4) is 17.6 Å². The number of hydrogen-bond acceptors (Lipinski definition) is 7. The number of nitrogens with zero attached hydrogens (tertiary/aromatic N) is 3. The predicted molar refractivity (Wildman–Crippen MR) is 85.2 cm³/mol. The van der Waals surface area contributed by atoms with Crippen molar-refractivity contribution in [1.82, 2.24) is 0 Å². The van der Waals surface area contributed by atoms with E-state index in [4.69, 9.17) is 19.9 Å².